The molecule has 3 rings (SSSR count). The summed E-state index contributed by atoms with van der Waals surface area (Å²) in [5.74, 6) is 1.19. The van der Waals surface area contributed by atoms with E-state index in [9.17, 15) is 9.59 Å². The van der Waals surface area contributed by atoms with Gasteiger partial charge in [-0.05, 0) is 36.4 Å². The van der Waals surface area contributed by atoms with Crippen LogP contribution in [0, 0.1) is 5.92 Å². The zero-order valence-corrected chi connectivity index (χ0v) is 16.5. The molecule has 1 atom stereocenters. The molecule has 1 aliphatic rings. The van der Waals surface area contributed by atoms with Crippen molar-refractivity contribution in [3.63, 3.8) is 0 Å². The highest BCUT2D eigenvalue weighted by Gasteiger charge is 2.30. The largest absolute Gasteiger partial charge is 0.493 e. The molecule has 0 aliphatic carbocycles. The average Bonchev–Trinajstić information content (AvgIpc) is 3.07. The number of amides is 3. The van der Waals surface area contributed by atoms with Crippen molar-refractivity contribution in [1.82, 2.24) is 5.32 Å². The van der Waals surface area contributed by atoms with Gasteiger partial charge >= 0.3 is 6.03 Å². The molecule has 7 nitrogen and oxygen atoms in total. The molecule has 2 aromatic rings. The van der Waals surface area contributed by atoms with Gasteiger partial charge in [0.25, 0.3) is 0 Å². The number of halogens is 1. The second-order valence-corrected chi connectivity index (χ2v) is 6.89. The lowest BCUT2D eigenvalue weighted by Gasteiger charge is -2.17. The topological polar surface area (TPSA) is 79.9 Å². The third-order valence-corrected chi connectivity index (χ3v) is 4.79. The number of hydrogen-bond donors (Lipinski definition) is 2. The summed E-state index contributed by atoms with van der Waals surface area (Å²) in [6, 6.07) is 11.9. The number of benzene rings is 2. The molecule has 0 radical (unpaired) electrons. The van der Waals surface area contributed by atoms with Crippen molar-refractivity contribution in [2.45, 2.75) is 6.42 Å². The highest BCUT2D eigenvalue weighted by atomic mass is 35.5. The normalized spacial score (nSPS) is 16.0. The zero-order valence-electron chi connectivity index (χ0n) is 15.7. The Morgan fingerprint density at radius 1 is 1.14 bits per heavy atom. The minimum Gasteiger partial charge on any atom is -0.493 e. The van der Waals surface area contributed by atoms with Gasteiger partial charge in [-0.3, -0.25) is 4.79 Å². The summed E-state index contributed by atoms with van der Waals surface area (Å²) in [5, 5.41) is 6.20. The fraction of sp³-hybridized carbons (Fsp3) is 0.300. The first-order valence-corrected chi connectivity index (χ1v) is 9.20. The summed E-state index contributed by atoms with van der Waals surface area (Å²) in [4.78, 5) is 26.2. The molecule has 0 saturated carbocycles. The first-order chi connectivity index (χ1) is 13.5. The Morgan fingerprint density at radius 2 is 1.86 bits per heavy atom. The Labute approximate surface area is 168 Å². The first kappa shape index (κ1) is 19.8. The van der Waals surface area contributed by atoms with Crippen molar-refractivity contribution in [1.29, 1.82) is 0 Å². The van der Waals surface area contributed by atoms with E-state index in [1.165, 1.54) is 7.11 Å². The predicted octanol–water partition coefficient (Wildman–Crippen LogP) is 3.53. The Bertz CT molecular complexity index is 857. The number of carbonyl (C=O) groups excluding carboxylic acids is 2. The van der Waals surface area contributed by atoms with E-state index < -0.39 is 0 Å². The number of hydrogen-bond acceptors (Lipinski definition) is 4. The molecule has 1 aliphatic heterocycles. The van der Waals surface area contributed by atoms with Crippen LogP contribution in [0.4, 0.5) is 16.2 Å². The Hall–Kier alpha value is -2.93. The van der Waals surface area contributed by atoms with Gasteiger partial charge in [-0.25, -0.2) is 4.79 Å². The lowest BCUT2D eigenvalue weighted by atomic mass is 10.1. The minimum absolute atomic E-state index is 0.0365. The van der Waals surface area contributed by atoms with Crippen LogP contribution in [-0.4, -0.2) is 39.2 Å². The smallest absolute Gasteiger partial charge is 0.319 e. The van der Waals surface area contributed by atoms with Crippen LogP contribution in [0.2, 0.25) is 5.02 Å². The number of rotatable bonds is 6. The Kier molecular flexibility index (Phi) is 6.26. The van der Waals surface area contributed by atoms with Crippen molar-refractivity contribution in [2.24, 2.45) is 5.92 Å². The fourth-order valence-electron chi connectivity index (χ4n) is 3.12. The molecule has 1 unspecified atom stereocenters. The Morgan fingerprint density at radius 3 is 2.54 bits per heavy atom. The number of carbonyl (C=O) groups is 2. The average molecular weight is 404 g/mol. The lowest BCUT2D eigenvalue weighted by Crippen LogP contribution is -2.34. The molecule has 0 spiro atoms. The van der Waals surface area contributed by atoms with Crippen LogP contribution in [0.15, 0.2) is 42.5 Å². The molecule has 0 bridgehead atoms. The number of nitrogens with one attached hydrogen (secondary N) is 2. The van der Waals surface area contributed by atoms with Gasteiger partial charge in [0.1, 0.15) is 0 Å². The summed E-state index contributed by atoms with van der Waals surface area (Å²) in [7, 11) is 3.08. The number of nitrogens with zero attached hydrogens (tertiary/aromatic N) is 1. The van der Waals surface area contributed by atoms with Crippen LogP contribution in [0.3, 0.4) is 0 Å². The maximum atomic E-state index is 12.3. The van der Waals surface area contributed by atoms with Gasteiger partial charge in [-0.15, -0.1) is 0 Å². The molecule has 28 heavy (non-hydrogen) atoms. The second kappa shape index (κ2) is 8.84. The fourth-order valence-corrected chi connectivity index (χ4v) is 3.24. The second-order valence-electron chi connectivity index (χ2n) is 6.46. The van der Waals surface area contributed by atoms with E-state index in [0.29, 0.717) is 41.7 Å². The van der Waals surface area contributed by atoms with Crippen LogP contribution < -0.4 is 25.0 Å². The molecule has 1 heterocycles. The van der Waals surface area contributed by atoms with E-state index in [0.717, 1.165) is 5.69 Å². The van der Waals surface area contributed by atoms with E-state index in [1.807, 2.05) is 12.1 Å². The van der Waals surface area contributed by atoms with Crippen molar-refractivity contribution in [3.8, 4) is 11.5 Å². The lowest BCUT2D eigenvalue weighted by molar-refractivity contribution is -0.117. The van der Waals surface area contributed by atoms with Gasteiger partial charge in [0.15, 0.2) is 11.5 Å². The third-order valence-electron chi connectivity index (χ3n) is 4.54. The molecule has 0 aromatic heterocycles. The van der Waals surface area contributed by atoms with E-state index in [2.05, 4.69) is 10.6 Å². The molecule has 1 fully saturated rings. The van der Waals surface area contributed by atoms with Crippen LogP contribution in [0.5, 0.6) is 11.5 Å². The van der Waals surface area contributed by atoms with E-state index >= 15 is 0 Å². The molecular formula is C20H22ClN3O4. The van der Waals surface area contributed by atoms with Gasteiger partial charge in [-0.2, -0.15) is 0 Å². The van der Waals surface area contributed by atoms with Crippen molar-refractivity contribution >= 4 is 34.9 Å². The van der Waals surface area contributed by atoms with Gasteiger partial charge in [0.05, 0.1) is 14.2 Å². The van der Waals surface area contributed by atoms with Crippen molar-refractivity contribution in [2.75, 3.05) is 37.5 Å². The number of ether oxygens (including phenoxy) is 2. The maximum Gasteiger partial charge on any atom is 0.319 e. The Balaban J connectivity index is 1.52. The molecule has 8 heteroatoms. The number of anilines is 2. The summed E-state index contributed by atoms with van der Waals surface area (Å²) in [5.41, 5.74) is 1.40. The van der Waals surface area contributed by atoms with Crippen LogP contribution in [0.25, 0.3) is 0 Å². The van der Waals surface area contributed by atoms with Gasteiger partial charge in [0, 0.05) is 47.9 Å². The van der Waals surface area contributed by atoms with Crippen molar-refractivity contribution in [3.05, 3.63) is 47.5 Å². The minimum atomic E-state index is -0.343. The molecule has 148 valence electrons. The molecule has 1 saturated heterocycles. The molecular weight excluding hydrogens is 382 g/mol. The van der Waals surface area contributed by atoms with Crippen molar-refractivity contribution < 1.29 is 19.1 Å². The van der Waals surface area contributed by atoms with E-state index in [4.69, 9.17) is 21.1 Å². The highest BCUT2D eigenvalue weighted by molar-refractivity contribution is 6.30. The van der Waals surface area contributed by atoms with E-state index in [-0.39, 0.29) is 17.9 Å². The molecule has 2 N–H and O–H groups in total. The third kappa shape index (κ3) is 4.67. The van der Waals surface area contributed by atoms with Crippen LogP contribution in [-0.2, 0) is 4.79 Å². The summed E-state index contributed by atoms with van der Waals surface area (Å²) in [6.07, 6.45) is 0.388. The predicted molar refractivity (Wildman–Crippen MR) is 108 cm³/mol. The summed E-state index contributed by atoms with van der Waals surface area (Å²) < 4.78 is 10.4. The quantitative estimate of drug-likeness (QED) is 0.773. The maximum absolute atomic E-state index is 12.3. The summed E-state index contributed by atoms with van der Waals surface area (Å²) >= 11 is 5.90. The SMILES string of the molecule is COc1ccc(NC(=O)NCC2CC(=O)N(c3ccc(Cl)cc3)C2)cc1OC. The highest BCUT2D eigenvalue weighted by Crippen LogP contribution is 2.30. The van der Waals surface area contributed by atoms with Gasteiger partial charge in [0.2, 0.25) is 5.91 Å². The summed E-state index contributed by atoms with van der Waals surface area (Å²) in [6.45, 7) is 0.950. The van der Waals surface area contributed by atoms with Crippen LogP contribution >= 0.6 is 11.6 Å². The van der Waals surface area contributed by atoms with E-state index in [1.54, 1.807) is 42.3 Å². The standard InChI is InChI=1S/C20H22ClN3O4/c1-27-17-8-5-15(10-18(17)28-2)23-20(26)22-11-13-9-19(25)24(12-13)16-6-3-14(21)4-7-16/h3-8,10,13H,9,11-12H2,1-2H3,(H2,22,23,26). The molecule has 3 amide bonds. The van der Waals surface area contributed by atoms with Crippen LogP contribution in [0.1, 0.15) is 6.42 Å². The van der Waals surface area contributed by atoms with Gasteiger partial charge in [-0.1, -0.05) is 11.6 Å². The monoisotopic (exact) mass is 403 g/mol. The zero-order chi connectivity index (χ0) is 20.1. The first-order valence-electron chi connectivity index (χ1n) is 8.83. The van der Waals surface area contributed by atoms with Gasteiger partial charge < -0.3 is 25.0 Å². The number of urea groups is 1. The molecule has 2 aromatic carbocycles. The number of methoxy groups -OCH3 is 2.